The number of likely N-dealkylation sites (N-methyl/N-ethyl adjacent to an activating group) is 1. The number of amides is 3. The molecule has 3 aromatic rings. The van der Waals surface area contributed by atoms with Crippen LogP contribution in [0.4, 0.5) is 29.3 Å². The molecule has 178 valence electrons. The Kier molecular flexibility index (Phi) is 7.94. The summed E-state index contributed by atoms with van der Waals surface area (Å²) in [5.74, 6) is -0.0476. The number of nitrogens with one attached hydrogen (secondary N) is 1. The molecule has 34 heavy (non-hydrogen) atoms. The molecule has 8 heteroatoms. The Labute approximate surface area is 196 Å². The van der Waals surface area contributed by atoms with E-state index in [0.717, 1.165) is 17.3 Å². The minimum absolute atomic E-state index is 0.0143. The van der Waals surface area contributed by atoms with Crippen LogP contribution in [0.25, 0.3) is 0 Å². The van der Waals surface area contributed by atoms with Gasteiger partial charge >= 0.3 is 12.2 Å². The molecular weight excluding hydrogens is 443 g/mol. The molecule has 0 fully saturated rings. The standard InChI is InChI=1S/C26H26F3N3O2/c1-3-32(22-10-5-4-6-11-22)24(33)17-19-13-15-21(16-14-19)30-25(34)31(2)18-20-9-7-8-12-23(20)26(27,28)29/h4-16H,3,17-18H2,1-2H3,(H,30,34). The molecule has 0 spiro atoms. The Morgan fingerprint density at radius 1 is 0.882 bits per heavy atom. The van der Waals surface area contributed by atoms with Gasteiger partial charge in [-0.3, -0.25) is 4.79 Å². The number of benzene rings is 3. The summed E-state index contributed by atoms with van der Waals surface area (Å²) in [4.78, 5) is 28.1. The summed E-state index contributed by atoms with van der Waals surface area (Å²) in [7, 11) is 1.43. The van der Waals surface area contributed by atoms with Gasteiger partial charge in [-0.25, -0.2) is 4.79 Å². The van der Waals surface area contributed by atoms with Crippen molar-refractivity contribution in [2.75, 3.05) is 23.8 Å². The fourth-order valence-corrected chi connectivity index (χ4v) is 3.57. The maximum Gasteiger partial charge on any atom is 0.416 e. The van der Waals surface area contributed by atoms with Crippen molar-refractivity contribution in [2.24, 2.45) is 0 Å². The van der Waals surface area contributed by atoms with Gasteiger partial charge in [0.25, 0.3) is 0 Å². The van der Waals surface area contributed by atoms with Crippen LogP contribution < -0.4 is 10.2 Å². The van der Waals surface area contributed by atoms with Crippen molar-refractivity contribution >= 4 is 23.3 Å². The molecule has 0 unspecified atom stereocenters. The topological polar surface area (TPSA) is 52.7 Å². The first-order chi connectivity index (χ1) is 16.2. The van der Waals surface area contributed by atoms with E-state index in [2.05, 4.69) is 5.32 Å². The van der Waals surface area contributed by atoms with Crippen LogP contribution in [0, 0.1) is 0 Å². The largest absolute Gasteiger partial charge is 0.416 e. The van der Waals surface area contributed by atoms with E-state index >= 15 is 0 Å². The summed E-state index contributed by atoms with van der Waals surface area (Å²) in [5.41, 5.74) is 1.34. The summed E-state index contributed by atoms with van der Waals surface area (Å²) in [6.07, 6.45) is -4.29. The first kappa shape index (κ1) is 24.8. The van der Waals surface area contributed by atoms with Crippen molar-refractivity contribution < 1.29 is 22.8 Å². The third-order valence-electron chi connectivity index (χ3n) is 5.32. The van der Waals surface area contributed by atoms with E-state index in [0.29, 0.717) is 12.2 Å². The van der Waals surface area contributed by atoms with Crippen molar-refractivity contribution in [1.82, 2.24) is 4.90 Å². The van der Waals surface area contributed by atoms with E-state index in [4.69, 9.17) is 0 Å². The second-order valence-electron chi connectivity index (χ2n) is 7.79. The number of carbonyl (C=O) groups is 2. The average Bonchev–Trinajstić information content (AvgIpc) is 2.81. The molecule has 0 saturated heterocycles. The van der Waals surface area contributed by atoms with Gasteiger partial charge in [0.05, 0.1) is 12.0 Å². The smallest absolute Gasteiger partial charge is 0.323 e. The Morgan fingerprint density at radius 2 is 1.50 bits per heavy atom. The van der Waals surface area contributed by atoms with Gasteiger partial charge in [0.1, 0.15) is 0 Å². The number of hydrogen-bond donors (Lipinski definition) is 1. The van der Waals surface area contributed by atoms with Gasteiger partial charge in [0, 0.05) is 31.5 Å². The molecule has 0 aromatic heterocycles. The molecule has 0 radical (unpaired) electrons. The molecular formula is C26H26F3N3O2. The van der Waals surface area contributed by atoms with Crippen LogP contribution in [0.15, 0.2) is 78.9 Å². The van der Waals surface area contributed by atoms with Crippen LogP contribution in [0.1, 0.15) is 23.6 Å². The Bertz CT molecular complexity index is 1120. The van der Waals surface area contributed by atoms with Gasteiger partial charge < -0.3 is 15.1 Å². The van der Waals surface area contributed by atoms with Crippen molar-refractivity contribution in [1.29, 1.82) is 0 Å². The highest BCUT2D eigenvalue weighted by Crippen LogP contribution is 2.32. The van der Waals surface area contributed by atoms with Crippen molar-refractivity contribution in [3.8, 4) is 0 Å². The maximum atomic E-state index is 13.2. The second-order valence-corrected chi connectivity index (χ2v) is 7.79. The number of hydrogen-bond acceptors (Lipinski definition) is 2. The van der Waals surface area contributed by atoms with Crippen molar-refractivity contribution in [3.63, 3.8) is 0 Å². The normalized spacial score (nSPS) is 11.1. The molecule has 0 saturated carbocycles. The number of anilines is 2. The van der Waals surface area contributed by atoms with Crippen LogP contribution in [0.5, 0.6) is 0 Å². The molecule has 0 bridgehead atoms. The monoisotopic (exact) mass is 469 g/mol. The first-order valence-corrected chi connectivity index (χ1v) is 10.8. The number of urea groups is 1. The number of rotatable bonds is 7. The van der Waals surface area contributed by atoms with E-state index in [9.17, 15) is 22.8 Å². The minimum Gasteiger partial charge on any atom is -0.323 e. The number of nitrogens with zero attached hydrogens (tertiary/aromatic N) is 2. The average molecular weight is 470 g/mol. The highest BCUT2D eigenvalue weighted by atomic mass is 19.4. The summed E-state index contributed by atoms with van der Waals surface area (Å²) in [6, 6.07) is 20.8. The lowest BCUT2D eigenvalue weighted by atomic mass is 10.1. The molecule has 1 N–H and O–H groups in total. The number of halogens is 3. The zero-order valence-corrected chi connectivity index (χ0v) is 19.0. The van der Waals surface area contributed by atoms with Gasteiger partial charge in [0.2, 0.25) is 5.91 Å². The first-order valence-electron chi connectivity index (χ1n) is 10.8. The summed E-state index contributed by atoms with van der Waals surface area (Å²) in [5, 5.41) is 2.67. The predicted molar refractivity (Wildman–Crippen MR) is 127 cm³/mol. The predicted octanol–water partition coefficient (Wildman–Crippen LogP) is 5.96. The highest BCUT2D eigenvalue weighted by molar-refractivity contribution is 5.95. The van der Waals surface area contributed by atoms with Crippen LogP contribution >= 0.6 is 0 Å². The minimum atomic E-state index is -4.49. The van der Waals surface area contributed by atoms with Gasteiger partial charge in [-0.05, 0) is 48.4 Å². The molecule has 0 aliphatic rings. The van der Waals surface area contributed by atoms with Gasteiger partial charge in [0.15, 0.2) is 0 Å². The van der Waals surface area contributed by atoms with Crippen molar-refractivity contribution in [2.45, 2.75) is 26.1 Å². The third kappa shape index (κ3) is 6.37. The highest BCUT2D eigenvalue weighted by Gasteiger charge is 2.33. The molecule has 3 rings (SSSR count). The third-order valence-corrected chi connectivity index (χ3v) is 5.32. The fraction of sp³-hybridized carbons (Fsp3) is 0.231. The molecule has 5 nitrogen and oxygen atoms in total. The molecule has 3 amide bonds. The van der Waals surface area contributed by atoms with E-state index in [1.807, 2.05) is 37.3 Å². The Balaban J connectivity index is 1.60. The fourth-order valence-electron chi connectivity index (χ4n) is 3.57. The van der Waals surface area contributed by atoms with E-state index < -0.39 is 17.8 Å². The Hall–Kier alpha value is -3.81. The lowest BCUT2D eigenvalue weighted by Gasteiger charge is -2.21. The van der Waals surface area contributed by atoms with E-state index in [1.165, 1.54) is 30.1 Å². The number of para-hydroxylation sites is 1. The van der Waals surface area contributed by atoms with Crippen LogP contribution in [-0.2, 0) is 23.9 Å². The zero-order chi connectivity index (χ0) is 24.7. The quantitative estimate of drug-likeness (QED) is 0.464. The summed E-state index contributed by atoms with van der Waals surface area (Å²) >= 11 is 0. The van der Waals surface area contributed by atoms with Crippen LogP contribution in [0.3, 0.4) is 0 Å². The molecule has 3 aromatic carbocycles. The van der Waals surface area contributed by atoms with Crippen LogP contribution in [0.2, 0.25) is 0 Å². The Morgan fingerprint density at radius 3 is 2.12 bits per heavy atom. The molecule has 0 aliphatic carbocycles. The summed E-state index contributed by atoms with van der Waals surface area (Å²) < 4.78 is 39.6. The molecule has 0 aliphatic heterocycles. The number of alkyl halides is 3. The number of carbonyl (C=O) groups excluding carboxylic acids is 2. The van der Waals surface area contributed by atoms with E-state index in [-0.39, 0.29) is 24.4 Å². The van der Waals surface area contributed by atoms with Gasteiger partial charge in [-0.1, -0.05) is 48.5 Å². The lowest BCUT2D eigenvalue weighted by Crippen LogP contribution is -2.32. The SMILES string of the molecule is CCN(C(=O)Cc1ccc(NC(=O)N(C)Cc2ccccc2C(F)(F)F)cc1)c1ccccc1. The van der Waals surface area contributed by atoms with Gasteiger partial charge in [-0.15, -0.1) is 0 Å². The zero-order valence-electron chi connectivity index (χ0n) is 19.0. The van der Waals surface area contributed by atoms with Gasteiger partial charge in [-0.2, -0.15) is 13.2 Å². The van der Waals surface area contributed by atoms with E-state index in [1.54, 1.807) is 29.2 Å². The van der Waals surface area contributed by atoms with Crippen molar-refractivity contribution in [3.05, 3.63) is 95.6 Å². The van der Waals surface area contributed by atoms with Crippen LogP contribution in [-0.4, -0.2) is 30.4 Å². The lowest BCUT2D eigenvalue weighted by molar-refractivity contribution is -0.138. The maximum absolute atomic E-state index is 13.2. The molecule has 0 atom stereocenters. The molecule has 0 heterocycles. The summed E-state index contributed by atoms with van der Waals surface area (Å²) in [6.45, 7) is 2.26. The second kappa shape index (κ2) is 10.9.